The molecule has 1 saturated carbocycles. The molecule has 0 radical (unpaired) electrons. The maximum absolute atomic E-state index is 12.2. The highest BCUT2D eigenvalue weighted by Gasteiger charge is 2.17. The molecule has 2 aromatic heterocycles. The van der Waals surface area contributed by atoms with Gasteiger partial charge in [0.05, 0.1) is 0 Å². The molecule has 1 fully saturated rings. The van der Waals surface area contributed by atoms with Gasteiger partial charge >= 0.3 is 0 Å². The molecule has 0 saturated heterocycles. The smallest absolute Gasteiger partial charge is 0.221 e. The fourth-order valence-corrected chi connectivity index (χ4v) is 4.22. The molecule has 0 bridgehead atoms. The zero-order chi connectivity index (χ0) is 18.2. The van der Waals surface area contributed by atoms with Crippen molar-refractivity contribution in [3.8, 4) is 11.4 Å². The first-order valence-corrected chi connectivity index (χ1v) is 10.5. The van der Waals surface area contributed by atoms with Crippen LogP contribution in [-0.4, -0.2) is 37.5 Å². The number of rotatable bonds is 8. The summed E-state index contributed by atoms with van der Waals surface area (Å²) in [6, 6.07) is 4.27. The number of hydrogen-bond donors (Lipinski definition) is 1. The Morgan fingerprint density at radius 2 is 2.00 bits per heavy atom. The molecule has 0 aromatic carbocycles. The van der Waals surface area contributed by atoms with Gasteiger partial charge in [0, 0.05) is 42.7 Å². The SMILES string of the molecule is CCCn1c(SCCC(=O)NC2CCCCC2)nnc1-c1ccncc1. The predicted octanol–water partition coefficient (Wildman–Crippen LogP) is 3.68. The van der Waals surface area contributed by atoms with Crippen LogP contribution in [0.1, 0.15) is 51.9 Å². The van der Waals surface area contributed by atoms with Gasteiger partial charge in [0.2, 0.25) is 5.91 Å². The van der Waals surface area contributed by atoms with E-state index in [1.54, 1.807) is 24.2 Å². The van der Waals surface area contributed by atoms with Gasteiger partial charge in [-0.25, -0.2) is 0 Å². The molecule has 140 valence electrons. The van der Waals surface area contributed by atoms with Gasteiger partial charge in [-0.3, -0.25) is 9.78 Å². The molecule has 1 aliphatic rings. The van der Waals surface area contributed by atoms with Crippen LogP contribution in [0.25, 0.3) is 11.4 Å². The third-order valence-electron chi connectivity index (χ3n) is 4.63. The van der Waals surface area contributed by atoms with Gasteiger partial charge in [-0.05, 0) is 31.4 Å². The average molecular weight is 374 g/mol. The van der Waals surface area contributed by atoms with Crippen molar-refractivity contribution in [3.63, 3.8) is 0 Å². The second-order valence-electron chi connectivity index (χ2n) is 6.69. The Labute approximate surface area is 159 Å². The van der Waals surface area contributed by atoms with Gasteiger partial charge in [0.1, 0.15) is 0 Å². The molecule has 2 aromatic rings. The molecule has 1 amide bonds. The zero-order valence-corrected chi connectivity index (χ0v) is 16.2. The van der Waals surface area contributed by atoms with Crippen molar-refractivity contribution in [2.75, 3.05) is 5.75 Å². The Hall–Kier alpha value is -1.89. The number of amides is 1. The first-order chi connectivity index (χ1) is 12.8. The van der Waals surface area contributed by atoms with Gasteiger partial charge in [-0.2, -0.15) is 0 Å². The quantitative estimate of drug-likeness (QED) is 0.715. The Balaban J connectivity index is 1.56. The standard InChI is InChI=1S/C19H27N5OS/c1-2-13-24-18(15-8-11-20-12-9-15)22-23-19(24)26-14-10-17(25)21-16-6-4-3-5-7-16/h8-9,11-12,16H,2-7,10,13-14H2,1H3,(H,21,25). The number of carbonyl (C=O) groups excluding carboxylic acids is 1. The van der Waals surface area contributed by atoms with E-state index in [2.05, 4.69) is 32.0 Å². The lowest BCUT2D eigenvalue weighted by molar-refractivity contribution is -0.121. The lowest BCUT2D eigenvalue weighted by Crippen LogP contribution is -2.36. The number of hydrogen-bond acceptors (Lipinski definition) is 5. The highest BCUT2D eigenvalue weighted by Crippen LogP contribution is 2.24. The van der Waals surface area contributed by atoms with Crippen molar-refractivity contribution in [2.45, 2.75) is 69.6 Å². The Bertz CT molecular complexity index is 697. The molecule has 26 heavy (non-hydrogen) atoms. The van der Waals surface area contributed by atoms with Crippen molar-refractivity contribution in [3.05, 3.63) is 24.5 Å². The predicted molar refractivity (Wildman–Crippen MR) is 104 cm³/mol. The molecule has 1 N–H and O–H groups in total. The molecular weight excluding hydrogens is 346 g/mol. The minimum absolute atomic E-state index is 0.153. The summed E-state index contributed by atoms with van der Waals surface area (Å²) in [5.74, 6) is 1.74. The summed E-state index contributed by atoms with van der Waals surface area (Å²) in [5.41, 5.74) is 1.02. The molecule has 6 nitrogen and oxygen atoms in total. The van der Waals surface area contributed by atoms with Gasteiger partial charge in [0.15, 0.2) is 11.0 Å². The average Bonchev–Trinajstić information content (AvgIpc) is 3.06. The highest BCUT2D eigenvalue weighted by atomic mass is 32.2. The maximum Gasteiger partial charge on any atom is 0.221 e. The number of nitrogens with one attached hydrogen (secondary N) is 1. The van der Waals surface area contributed by atoms with Crippen molar-refractivity contribution in [1.29, 1.82) is 0 Å². The van der Waals surface area contributed by atoms with Crippen molar-refractivity contribution < 1.29 is 4.79 Å². The van der Waals surface area contributed by atoms with Crippen LogP contribution in [0.3, 0.4) is 0 Å². The number of pyridine rings is 1. The summed E-state index contributed by atoms with van der Waals surface area (Å²) in [5, 5.41) is 12.8. The summed E-state index contributed by atoms with van der Waals surface area (Å²) in [6.45, 7) is 3.00. The Morgan fingerprint density at radius 1 is 1.23 bits per heavy atom. The summed E-state index contributed by atoms with van der Waals surface area (Å²) >= 11 is 1.61. The summed E-state index contributed by atoms with van der Waals surface area (Å²) < 4.78 is 2.14. The molecule has 0 atom stereocenters. The fourth-order valence-electron chi connectivity index (χ4n) is 3.32. The van der Waals surface area contributed by atoms with Crippen LogP contribution in [0, 0.1) is 0 Å². The van der Waals surface area contributed by atoms with Crippen molar-refractivity contribution in [2.24, 2.45) is 0 Å². The minimum Gasteiger partial charge on any atom is -0.353 e. The second kappa shape index (κ2) is 9.71. The summed E-state index contributed by atoms with van der Waals surface area (Å²) in [7, 11) is 0. The first kappa shape index (κ1) is 18.9. The van der Waals surface area contributed by atoms with Crippen LogP contribution in [0.15, 0.2) is 29.7 Å². The molecule has 2 heterocycles. The van der Waals surface area contributed by atoms with Crippen LogP contribution < -0.4 is 5.32 Å². The third kappa shape index (κ3) is 5.06. The van der Waals surface area contributed by atoms with Gasteiger partial charge in [0.25, 0.3) is 0 Å². The monoisotopic (exact) mass is 373 g/mol. The van der Waals surface area contributed by atoms with Crippen molar-refractivity contribution >= 4 is 17.7 Å². The van der Waals surface area contributed by atoms with E-state index >= 15 is 0 Å². The lowest BCUT2D eigenvalue weighted by Gasteiger charge is -2.22. The van der Waals surface area contributed by atoms with E-state index in [9.17, 15) is 4.79 Å². The Morgan fingerprint density at radius 3 is 2.73 bits per heavy atom. The topological polar surface area (TPSA) is 72.7 Å². The third-order valence-corrected chi connectivity index (χ3v) is 5.60. The van der Waals surface area contributed by atoms with E-state index in [1.165, 1.54) is 19.3 Å². The molecule has 0 spiro atoms. The molecule has 3 rings (SSSR count). The second-order valence-corrected chi connectivity index (χ2v) is 7.76. The van der Waals surface area contributed by atoms with Gasteiger partial charge in [-0.15, -0.1) is 10.2 Å². The van der Waals surface area contributed by atoms with E-state index in [1.807, 2.05) is 12.1 Å². The van der Waals surface area contributed by atoms with E-state index in [-0.39, 0.29) is 5.91 Å². The van der Waals surface area contributed by atoms with Crippen LogP contribution in [0.5, 0.6) is 0 Å². The van der Waals surface area contributed by atoms with Crippen LogP contribution in [0.2, 0.25) is 0 Å². The lowest BCUT2D eigenvalue weighted by atomic mass is 9.95. The first-order valence-electron chi connectivity index (χ1n) is 9.53. The van der Waals surface area contributed by atoms with Crippen LogP contribution >= 0.6 is 11.8 Å². The van der Waals surface area contributed by atoms with E-state index < -0.39 is 0 Å². The van der Waals surface area contributed by atoms with Gasteiger partial charge in [-0.1, -0.05) is 37.9 Å². The number of nitrogens with zero attached hydrogens (tertiary/aromatic N) is 4. The maximum atomic E-state index is 12.2. The minimum atomic E-state index is 0.153. The largest absolute Gasteiger partial charge is 0.353 e. The van der Waals surface area contributed by atoms with E-state index in [0.29, 0.717) is 12.5 Å². The highest BCUT2D eigenvalue weighted by molar-refractivity contribution is 7.99. The van der Waals surface area contributed by atoms with E-state index in [4.69, 9.17) is 0 Å². The van der Waals surface area contributed by atoms with Gasteiger partial charge < -0.3 is 9.88 Å². The molecular formula is C19H27N5OS. The van der Waals surface area contributed by atoms with Crippen LogP contribution in [0.4, 0.5) is 0 Å². The van der Waals surface area contributed by atoms with E-state index in [0.717, 1.165) is 48.1 Å². The number of aromatic nitrogens is 4. The number of thioether (sulfide) groups is 1. The molecule has 0 unspecified atom stereocenters. The molecule has 0 aliphatic heterocycles. The molecule has 7 heteroatoms. The normalized spacial score (nSPS) is 15.1. The molecule has 1 aliphatic carbocycles. The summed E-state index contributed by atoms with van der Waals surface area (Å²) in [6.07, 6.45) is 11.1. The van der Waals surface area contributed by atoms with Crippen molar-refractivity contribution in [1.82, 2.24) is 25.1 Å². The Kier molecular flexibility index (Phi) is 7.05. The van der Waals surface area contributed by atoms with Crippen LogP contribution in [-0.2, 0) is 11.3 Å². The summed E-state index contributed by atoms with van der Waals surface area (Å²) in [4.78, 5) is 16.2. The number of carbonyl (C=O) groups is 1. The fraction of sp³-hybridized carbons (Fsp3) is 0.579. The zero-order valence-electron chi connectivity index (χ0n) is 15.4.